The molecular formula is C23H27NO4S2. The summed E-state index contributed by atoms with van der Waals surface area (Å²) in [6, 6.07) is 9.78. The Hall–Kier alpha value is -2.12. The summed E-state index contributed by atoms with van der Waals surface area (Å²) >= 11 is 1.58. The maximum Gasteiger partial charge on any atom is 0.227 e. The summed E-state index contributed by atoms with van der Waals surface area (Å²) < 4.78 is 29.8. The van der Waals surface area contributed by atoms with E-state index in [9.17, 15) is 13.2 Å². The fourth-order valence-electron chi connectivity index (χ4n) is 3.96. The van der Waals surface area contributed by atoms with Gasteiger partial charge in [0.2, 0.25) is 5.91 Å². The number of amides is 1. The zero-order valence-electron chi connectivity index (χ0n) is 17.6. The van der Waals surface area contributed by atoms with Gasteiger partial charge in [-0.3, -0.25) is 4.79 Å². The third-order valence-corrected chi connectivity index (χ3v) is 8.35. The summed E-state index contributed by atoms with van der Waals surface area (Å²) in [6.07, 6.45) is 2.35. The quantitative estimate of drug-likeness (QED) is 0.578. The molecule has 0 radical (unpaired) electrons. The van der Waals surface area contributed by atoms with Crippen LogP contribution in [-0.2, 0) is 33.0 Å². The molecule has 160 valence electrons. The van der Waals surface area contributed by atoms with Crippen molar-refractivity contribution in [2.24, 2.45) is 0 Å². The number of thiophene rings is 1. The van der Waals surface area contributed by atoms with Crippen molar-refractivity contribution in [2.75, 3.05) is 11.5 Å². The molecule has 0 saturated carbocycles. The number of sulfone groups is 1. The summed E-state index contributed by atoms with van der Waals surface area (Å²) in [5, 5.41) is 2.92. The van der Waals surface area contributed by atoms with Crippen LogP contribution in [0.3, 0.4) is 0 Å². The number of hydrogen-bond acceptors (Lipinski definition) is 5. The minimum Gasteiger partial charge on any atom is -0.464 e. The second-order valence-corrected chi connectivity index (χ2v) is 12.3. The smallest absolute Gasteiger partial charge is 0.227 e. The van der Waals surface area contributed by atoms with E-state index in [4.69, 9.17) is 4.42 Å². The number of furan rings is 1. The summed E-state index contributed by atoms with van der Waals surface area (Å²) in [7, 11) is -3.08. The molecule has 1 atom stereocenters. The average molecular weight is 446 g/mol. The van der Waals surface area contributed by atoms with Crippen molar-refractivity contribution in [3.05, 3.63) is 58.0 Å². The molecule has 1 unspecified atom stereocenters. The van der Waals surface area contributed by atoms with Gasteiger partial charge in [-0.25, -0.2) is 8.42 Å². The predicted octanol–water partition coefficient (Wildman–Crippen LogP) is 4.55. The van der Waals surface area contributed by atoms with Gasteiger partial charge < -0.3 is 9.32 Å². The van der Waals surface area contributed by atoms with Gasteiger partial charge in [-0.05, 0) is 41.0 Å². The zero-order chi connectivity index (χ0) is 21.5. The Labute approximate surface area is 181 Å². The Bertz CT molecular complexity index is 1150. The maximum absolute atomic E-state index is 13.4. The van der Waals surface area contributed by atoms with Crippen molar-refractivity contribution in [1.82, 2.24) is 4.90 Å². The summed E-state index contributed by atoms with van der Waals surface area (Å²) in [6.45, 7) is 6.91. The highest BCUT2D eigenvalue weighted by Crippen LogP contribution is 2.30. The minimum absolute atomic E-state index is 0.00382. The Kier molecular flexibility index (Phi) is 5.53. The minimum atomic E-state index is -3.08. The van der Waals surface area contributed by atoms with Crippen LogP contribution < -0.4 is 0 Å². The van der Waals surface area contributed by atoms with E-state index >= 15 is 0 Å². The number of hydrogen-bond donors (Lipinski definition) is 0. The van der Waals surface area contributed by atoms with Crippen LogP contribution in [0.2, 0.25) is 0 Å². The van der Waals surface area contributed by atoms with Crippen LogP contribution in [0.1, 0.15) is 43.2 Å². The average Bonchev–Trinajstić information content (AvgIpc) is 3.39. The topological polar surface area (TPSA) is 67.6 Å². The molecule has 3 heterocycles. The van der Waals surface area contributed by atoms with Crippen LogP contribution in [0, 0.1) is 0 Å². The van der Waals surface area contributed by atoms with Crippen molar-refractivity contribution in [3.63, 3.8) is 0 Å². The summed E-state index contributed by atoms with van der Waals surface area (Å²) in [5.41, 5.74) is 2.79. The molecule has 3 aromatic rings. The number of fused-ring (bicyclic) bond motifs is 1. The van der Waals surface area contributed by atoms with Crippen molar-refractivity contribution < 1.29 is 17.6 Å². The third kappa shape index (κ3) is 4.47. The second kappa shape index (κ2) is 7.85. The lowest BCUT2D eigenvalue weighted by atomic mass is 9.86. The Balaban J connectivity index is 1.62. The molecule has 0 bridgehead atoms. The van der Waals surface area contributed by atoms with Gasteiger partial charge in [0.25, 0.3) is 0 Å². The van der Waals surface area contributed by atoms with E-state index in [1.165, 1.54) is 5.56 Å². The fourth-order valence-corrected chi connectivity index (χ4v) is 6.40. The van der Waals surface area contributed by atoms with E-state index in [0.717, 1.165) is 21.4 Å². The van der Waals surface area contributed by atoms with Gasteiger partial charge in [0.15, 0.2) is 9.84 Å². The molecule has 1 fully saturated rings. The molecule has 30 heavy (non-hydrogen) atoms. The van der Waals surface area contributed by atoms with E-state index in [0.29, 0.717) is 13.0 Å². The molecule has 1 amide bonds. The van der Waals surface area contributed by atoms with Crippen LogP contribution in [0.15, 0.2) is 46.4 Å². The standard InChI is InChI=1S/C23H27NO4S2/c1-23(2,3)17-6-7-21-20(12-17)16(14-28-21)11-22(25)24(13-19-5-4-9-29-19)18-8-10-30(26,27)15-18/h4-7,9,12,14,18H,8,10-11,13,15H2,1-3H3. The molecule has 1 aromatic carbocycles. The fraction of sp³-hybridized carbons (Fsp3) is 0.435. The lowest BCUT2D eigenvalue weighted by molar-refractivity contribution is -0.133. The highest BCUT2D eigenvalue weighted by atomic mass is 32.2. The number of carbonyl (C=O) groups excluding carboxylic acids is 1. The van der Waals surface area contributed by atoms with Crippen LogP contribution in [0.4, 0.5) is 0 Å². The summed E-state index contributed by atoms with van der Waals surface area (Å²) in [5.74, 6) is 0.134. The highest BCUT2D eigenvalue weighted by molar-refractivity contribution is 7.91. The Morgan fingerprint density at radius 3 is 2.70 bits per heavy atom. The van der Waals surface area contributed by atoms with E-state index in [-0.39, 0.29) is 35.3 Å². The van der Waals surface area contributed by atoms with Crippen LogP contribution in [0.25, 0.3) is 11.0 Å². The second-order valence-electron chi connectivity index (χ2n) is 9.06. The van der Waals surface area contributed by atoms with Gasteiger partial charge in [0.05, 0.1) is 30.7 Å². The number of nitrogens with zero attached hydrogens (tertiary/aromatic N) is 1. The van der Waals surface area contributed by atoms with Crippen LogP contribution >= 0.6 is 11.3 Å². The molecule has 5 nitrogen and oxygen atoms in total. The monoisotopic (exact) mass is 445 g/mol. The van der Waals surface area contributed by atoms with Crippen LogP contribution in [0.5, 0.6) is 0 Å². The van der Waals surface area contributed by atoms with Gasteiger partial charge in [0, 0.05) is 21.9 Å². The molecule has 4 rings (SSSR count). The van der Waals surface area contributed by atoms with Gasteiger partial charge in [-0.1, -0.05) is 32.9 Å². The van der Waals surface area contributed by atoms with Crippen LogP contribution in [-0.4, -0.2) is 36.8 Å². The number of rotatable bonds is 5. The third-order valence-electron chi connectivity index (χ3n) is 5.74. The first kappa shape index (κ1) is 21.1. The molecule has 1 aliphatic heterocycles. The SMILES string of the molecule is CC(C)(C)c1ccc2occ(CC(=O)N(Cc3cccs3)C3CCS(=O)(=O)C3)c2c1. The summed E-state index contributed by atoms with van der Waals surface area (Å²) in [4.78, 5) is 16.2. The van der Waals surface area contributed by atoms with Gasteiger partial charge in [-0.2, -0.15) is 0 Å². The molecule has 0 aliphatic carbocycles. The van der Waals surface area contributed by atoms with E-state index in [2.05, 4.69) is 32.9 Å². The van der Waals surface area contributed by atoms with Gasteiger partial charge in [-0.15, -0.1) is 11.3 Å². The zero-order valence-corrected chi connectivity index (χ0v) is 19.2. The first-order valence-corrected chi connectivity index (χ1v) is 12.9. The Morgan fingerprint density at radius 1 is 1.27 bits per heavy atom. The van der Waals surface area contributed by atoms with Crippen molar-refractivity contribution in [3.8, 4) is 0 Å². The molecule has 0 spiro atoms. The first-order valence-electron chi connectivity index (χ1n) is 10.2. The van der Waals surface area contributed by atoms with Gasteiger partial charge >= 0.3 is 0 Å². The molecule has 1 saturated heterocycles. The van der Waals surface area contributed by atoms with E-state index in [1.54, 1.807) is 22.5 Å². The predicted molar refractivity (Wildman–Crippen MR) is 121 cm³/mol. The van der Waals surface area contributed by atoms with Crippen molar-refractivity contribution in [2.45, 2.75) is 51.6 Å². The largest absolute Gasteiger partial charge is 0.464 e. The highest BCUT2D eigenvalue weighted by Gasteiger charge is 2.35. The van der Waals surface area contributed by atoms with E-state index < -0.39 is 9.84 Å². The first-order chi connectivity index (χ1) is 14.1. The molecule has 2 aromatic heterocycles. The lowest BCUT2D eigenvalue weighted by Gasteiger charge is -2.28. The van der Waals surface area contributed by atoms with Gasteiger partial charge in [0.1, 0.15) is 5.58 Å². The number of carbonyl (C=O) groups is 1. The maximum atomic E-state index is 13.4. The molecule has 7 heteroatoms. The van der Waals surface area contributed by atoms with E-state index in [1.807, 2.05) is 23.6 Å². The molecular weight excluding hydrogens is 418 g/mol. The molecule has 1 aliphatic rings. The van der Waals surface area contributed by atoms with Crippen molar-refractivity contribution in [1.29, 1.82) is 0 Å². The Morgan fingerprint density at radius 2 is 2.07 bits per heavy atom. The lowest BCUT2D eigenvalue weighted by Crippen LogP contribution is -2.41. The van der Waals surface area contributed by atoms with Crippen molar-refractivity contribution >= 4 is 38.1 Å². The number of benzene rings is 1. The molecule has 0 N–H and O–H groups in total. The normalized spacial score (nSPS) is 18.7.